The molecule has 0 bridgehead atoms. The van der Waals surface area contributed by atoms with Gasteiger partial charge in [-0.2, -0.15) is 16.9 Å². The highest BCUT2D eigenvalue weighted by molar-refractivity contribution is 7.97. The average molecular weight is 472 g/mol. The van der Waals surface area contributed by atoms with Crippen LogP contribution in [0.2, 0.25) is 0 Å². The summed E-state index contributed by atoms with van der Waals surface area (Å²) in [6.07, 6.45) is 1.40. The van der Waals surface area contributed by atoms with Crippen molar-refractivity contribution >= 4 is 29.6 Å². The zero-order chi connectivity index (χ0) is 23.8. The normalized spacial score (nSPS) is 10.9. The van der Waals surface area contributed by atoms with Crippen LogP contribution in [-0.4, -0.2) is 17.0 Å². The van der Waals surface area contributed by atoms with E-state index in [9.17, 15) is 14.9 Å². The van der Waals surface area contributed by atoms with Gasteiger partial charge in [-0.15, -0.1) is 0 Å². The first-order chi connectivity index (χ1) is 16.6. The van der Waals surface area contributed by atoms with E-state index >= 15 is 0 Å². The van der Waals surface area contributed by atoms with Crippen molar-refractivity contribution in [3.8, 4) is 11.3 Å². The second-order valence-corrected chi connectivity index (χ2v) is 8.37. The molecule has 4 rings (SSSR count). The maximum absolute atomic E-state index is 12.3. The first-order valence-corrected chi connectivity index (χ1v) is 11.6. The van der Waals surface area contributed by atoms with E-state index in [1.807, 2.05) is 42.1 Å². The van der Waals surface area contributed by atoms with E-state index < -0.39 is 4.92 Å². The quantitative estimate of drug-likeness (QED) is 0.182. The summed E-state index contributed by atoms with van der Waals surface area (Å²) in [5.74, 6) is 2.48. The second kappa shape index (κ2) is 11.1. The summed E-state index contributed by atoms with van der Waals surface area (Å²) < 4.78 is 5.67. The SMILES string of the molecule is O=C(N/N=C/c1ccc(-c2ccc([N+](=O)[O-])cc2)o1)c1ccc(CSCc2ccccc2)cc1. The van der Waals surface area contributed by atoms with E-state index in [4.69, 9.17) is 4.42 Å². The number of hydrogen-bond acceptors (Lipinski definition) is 6. The number of rotatable bonds is 9. The Balaban J connectivity index is 1.27. The predicted octanol–water partition coefficient (Wildman–Crippen LogP) is 6.05. The number of furan rings is 1. The van der Waals surface area contributed by atoms with Crippen molar-refractivity contribution in [2.45, 2.75) is 11.5 Å². The van der Waals surface area contributed by atoms with Crippen LogP contribution in [0.15, 0.2) is 101 Å². The molecule has 0 aliphatic rings. The Morgan fingerprint density at radius 2 is 1.59 bits per heavy atom. The molecule has 0 saturated heterocycles. The van der Waals surface area contributed by atoms with Crippen molar-refractivity contribution in [3.05, 3.63) is 124 Å². The van der Waals surface area contributed by atoms with Gasteiger partial charge in [-0.05, 0) is 47.5 Å². The number of hydrogen-bond donors (Lipinski definition) is 1. The summed E-state index contributed by atoms with van der Waals surface area (Å²) in [6, 6.07) is 27.3. The molecule has 7 nitrogen and oxygen atoms in total. The monoisotopic (exact) mass is 471 g/mol. The zero-order valence-electron chi connectivity index (χ0n) is 18.1. The lowest BCUT2D eigenvalue weighted by molar-refractivity contribution is -0.384. The molecule has 1 aromatic heterocycles. The summed E-state index contributed by atoms with van der Waals surface area (Å²) in [5, 5.41) is 14.7. The largest absolute Gasteiger partial charge is 0.455 e. The lowest BCUT2D eigenvalue weighted by Gasteiger charge is -2.04. The number of carbonyl (C=O) groups is 1. The van der Waals surface area contributed by atoms with Crippen LogP contribution in [0.25, 0.3) is 11.3 Å². The van der Waals surface area contributed by atoms with Crippen LogP contribution in [0.3, 0.4) is 0 Å². The summed E-state index contributed by atoms with van der Waals surface area (Å²) in [7, 11) is 0. The van der Waals surface area contributed by atoms with E-state index in [0.29, 0.717) is 22.6 Å². The molecule has 170 valence electrons. The molecule has 1 amide bonds. The Bertz CT molecular complexity index is 1280. The fourth-order valence-electron chi connectivity index (χ4n) is 3.16. The van der Waals surface area contributed by atoms with Gasteiger partial charge in [0.15, 0.2) is 0 Å². The molecule has 0 atom stereocenters. The van der Waals surface area contributed by atoms with Crippen LogP contribution < -0.4 is 5.43 Å². The Morgan fingerprint density at radius 1 is 0.912 bits per heavy atom. The highest BCUT2D eigenvalue weighted by Gasteiger charge is 2.08. The van der Waals surface area contributed by atoms with Crippen molar-refractivity contribution in [3.63, 3.8) is 0 Å². The molecule has 3 aromatic carbocycles. The van der Waals surface area contributed by atoms with Gasteiger partial charge in [0.05, 0.1) is 11.1 Å². The smallest absolute Gasteiger partial charge is 0.271 e. The third-order valence-electron chi connectivity index (χ3n) is 4.94. The van der Waals surface area contributed by atoms with E-state index in [-0.39, 0.29) is 11.6 Å². The molecule has 4 aromatic rings. The standard InChI is InChI=1S/C26H21N3O4S/c30-26(22-8-6-20(7-9-22)18-34-17-19-4-2-1-3-5-19)28-27-16-24-14-15-25(33-24)21-10-12-23(13-11-21)29(31)32/h1-16H,17-18H2,(H,28,30)/b27-16+. The third kappa shape index (κ3) is 6.20. The van der Waals surface area contributed by atoms with Gasteiger partial charge < -0.3 is 4.42 Å². The summed E-state index contributed by atoms with van der Waals surface area (Å²) >= 11 is 1.82. The third-order valence-corrected chi connectivity index (χ3v) is 6.02. The molecular formula is C26H21N3O4S. The fourth-order valence-corrected chi connectivity index (χ4v) is 4.12. The molecule has 0 saturated carbocycles. The summed E-state index contributed by atoms with van der Waals surface area (Å²) in [5.41, 5.74) is 6.16. The van der Waals surface area contributed by atoms with Crippen LogP contribution in [-0.2, 0) is 11.5 Å². The maximum Gasteiger partial charge on any atom is 0.271 e. The van der Waals surface area contributed by atoms with E-state index in [1.54, 1.807) is 36.4 Å². The van der Waals surface area contributed by atoms with Crippen LogP contribution in [0, 0.1) is 10.1 Å². The Labute approximate surface area is 200 Å². The molecule has 34 heavy (non-hydrogen) atoms. The number of benzene rings is 3. The van der Waals surface area contributed by atoms with Gasteiger partial charge in [0.25, 0.3) is 11.6 Å². The molecule has 0 fully saturated rings. The first kappa shape index (κ1) is 23.0. The molecule has 0 aliphatic carbocycles. The number of nitrogens with zero attached hydrogens (tertiary/aromatic N) is 2. The molecule has 0 spiro atoms. The number of nitro groups is 1. The summed E-state index contributed by atoms with van der Waals surface area (Å²) in [4.78, 5) is 22.7. The van der Waals surface area contributed by atoms with Crippen LogP contribution in [0.1, 0.15) is 27.2 Å². The molecule has 0 aliphatic heterocycles. The topological polar surface area (TPSA) is 97.7 Å². The summed E-state index contributed by atoms with van der Waals surface area (Å²) in [6.45, 7) is 0. The second-order valence-electron chi connectivity index (χ2n) is 7.38. The molecule has 0 unspecified atom stereocenters. The number of non-ortho nitro benzene ring substituents is 1. The fraction of sp³-hybridized carbons (Fsp3) is 0.0769. The number of amides is 1. The van der Waals surface area contributed by atoms with E-state index in [2.05, 4.69) is 22.7 Å². The first-order valence-electron chi connectivity index (χ1n) is 10.5. The number of nitrogens with one attached hydrogen (secondary N) is 1. The Morgan fingerprint density at radius 3 is 2.26 bits per heavy atom. The number of hydrazone groups is 1. The van der Waals surface area contributed by atoms with Crippen molar-refractivity contribution < 1.29 is 14.1 Å². The number of carbonyl (C=O) groups excluding carboxylic acids is 1. The van der Waals surface area contributed by atoms with E-state index in [1.165, 1.54) is 23.9 Å². The van der Waals surface area contributed by atoms with Gasteiger partial charge in [0, 0.05) is 34.8 Å². The minimum atomic E-state index is -0.453. The van der Waals surface area contributed by atoms with Gasteiger partial charge in [0.1, 0.15) is 11.5 Å². The van der Waals surface area contributed by atoms with Crippen LogP contribution in [0.4, 0.5) is 5.69 Å². The number of thioether (sulfide) groups is 1. The molecule has 0 radical (unpaired) electrons. The highest BCUT2D eigenvalue weighted by Crippen LogP contribution is 2.24. The average Bonchev–Trinajstić information content (AvgIpc) is 3.34. The van der Waals surface area contributed by atoms with Crippen molar-refractivity contribution in [1.29, 1.82) is 0 Å². The molecule has 1 N–H and O–H groups in total. The van der Waals surface area contributed by atoms with Crippen LogP contribution in [0.5, 0.6) is 0 Å². The Hall–Kier alpha value is -4.17. The van der Waals surface area contributed by atoms with Gasteiger partial charge >= 0.3 is 0 Å². The minimum Gasteiger partial charge on any atom is -0.455 e. The number of nitro benzene ring substituents is 1. The molecule has 8 heteroatoms. The van der Waals surface area contributed by atoms with Crippen molar-refractivity contribution in [2.24, 2.45) is 5.10 Å². The Kier molecular flexibility index (Phi) is 7.52. The molecule has 1 heterocycles. The molecular weight excluding hydrogens is 450 g/mol. The maximum atomic E-state index is 12.3. The zero-order valence-corrected chi connectivity index (χ0v) is 18.9. The van der Waals surface area contributed by atoms with Gasteiger partial charge in [0.2, 0.25) is 0 Å². The lowest BCUT2D eigenvalue weighted by atomic mass is 10.1. The van der Waals surface area contributed by atoms with E-state index in [0.717, 1.165) is 17.1 Å². The highest BCUT2D eigenvalue weighted by atomic mass is 32.2. The van der Waals surface area contributed by atoms with Crippen LogP contribution >= 0.6 is 11.8 Å². The predicted molar refractivity (Wildman–Crippen MR) is 134 cm³/mol. The van der Waals surface area contributed by atoms with Gasteiger partial charge in [-0.3, -0.25) is 14.9 Å². The minimum absolute atomic E-state index is 0.0128. The van der Waals surface area contributed by atoms with Gasteiger partial charge in [-0.1, -0.05) is 42.5 Å². The van der Waals surface area contributed by atoms with Crippen molar-refractivity contribution in [2.75, 3.05) is 0 Å². The lowest BCUT2D eigenvalue weighted by Crippen LogP contribution is -2.17. The van der Waals surface area contributed by atoms with Gasteiger partial charge in [-0.25, -0.2) is 5.43 Å². The van der Waals surface area contributed by atoms with Crippen molar-refractivity contribution in [1.82, 2.24) is 5.43 Å².